The molecule has 1 aliphatic heterocycles. The van der Waals surface area contributed by atoms with Gasteiger partial charge in [0, 0.05) is 31.5 Å². The Bertz CT molecular complexity index is 1590. The van der Waals surface area contributed by atoms with E-state index in [4.69, 9.17) is 18.9 Å². The van der Waals surface area contributed by atoms with Crippen LogP contribution in [0.1, 0.15) is 44.9 Å². The summed E-state index contributed by atoms with van der Waals surface area (Å²) in [7, 11) is 3.09. The van der Waals surface area contributed by atoms with Gasteiger partial charge in [0.15, 0.2) is 16.3 Å². The summed E-state index contributed by atoms with van der Waals surface area (Å²) < 4.78 is 24.2. The number of thiazole rings is 1. The first kappa shape index (κ1) is 30.1. The van der Waals surface area contributed by atoms with Gasteiger partial charge in [0.05, 0.1) is 36.1 Å². The van der Waals surface area contributed by atoms with Crippen LogP contribution in [0.25, 0.3) is 6.08 Å². The average molecular weight is 580 g/mol. The fourth-order valence-corrected chi connectivity index (χ4v) is 5.95. The van der Waals surface area contributed by atoms with Crippen LogP contribution in [-0.4, -0.2) is 57.7 Å². The smallest absolute Gasteiger partial charge is 0.338 e. The maximum Gasteiger partial charge on any atom is 0.338 e. The third kappa shape index (κ3) is 6.23. The van der Waals surface area contributed by atoms with Crippen LogP contribution in [0.2, 0.25) is 0 Å². The van der Waals surface area contributed by atoms with Crippen LogP contribution in [0.3, 0.4) is 0 Å². The predicted molar refractivity (Wildman–Crippen MR) is 161 cm³/mol. The molecule has 2 heterocycles. The molecule has 0 saturated carbocycles. The number of aromatic nitrogens is 1. The molecule has 10 heteroatoms. The van der Waals surface area contributed by atoms with Crippen LogP contribution >= 0.6 is 11.3 Å². The largest absolute Gasteiger partial charge is 0.493 e. The number of carbonyl (C=O) groups is 1. The topological polar surface area (TPSA) is 91.6 Å². The average Bonchev–Trinajstić information content (AvgIpc) is 3.28. The van der Waals surface area contributed by atoms with Gasteiger partial charge in [0.25, 0.3) is 5.56 Å². The Morgan fingerprint density at radius 3 is 2.44 bits per heavy atom. The second kappa shape index (κ2) is 13.6. The minimum Gasteiger partial charge on any atom is -0.493 e. The Labute approximate surface area is 244 Å². The molecule has 1 aromatic heterocycles. The van der Waals surface area contributed by atoms with Gasteiger partial charge in [-0.05, 0) is 57.5 Å². The maximum atomic E-state index is 14.0. The first-order chi connectivity index (χ1) is 19.9. The normalized spacial score (nSPS) is 14.9. The summed E-state index contributed by atoms with van der Waals surface area (Å²) in [5.74, 6) is 0.391. The van der Waals surface area contributed by atoms with Crippen molar-refractivity contribution in [3.05, 3.63) is 84.5 Å². The third-order valence-corrected chi connectivity index (χ3v) is 7.88. The number of hydrogen-bond donors (Lipinski definition) is 0. The van der Waals surface area contributed by atoms with Crippen LogP contribution in [-0.2, 0) is 14.3 Å². The Hall–Kier alpha value is -3.89. The number of anilines is 1. The minimum absolute atomic E-state index is 0.0726. The van der Waals surface area contributed by atoms with Gasteiger partial charge in [-0.1, -0.05) is 35.6 Å². The third-order valence-electron chi connectivity index (χ3n) is 6.89. The van der Waals surface area contributed by atoms with Gasteiger partial charge in [-0.15, -0.1) is 0 Å². The highest BCUT2D eigenvalue weighted by Gasteiger charge is 2.36. The van der Waals surface area contributed by atoms with Crippen molar-refractivity contribution in [2.45, 2.75) is 33.7 Å². The molecule has 0 spiro atoms. The number of benzene rings is 2. The van der Waals surface area contributed by atoms with E-state index >= 15 is 0 Å². The molecule has 0 saturated heterocycles. The molecular weight excluding hydrogens is 542 g/mol. The fourth-order valence-electron chi connectivity index (χ4n) is 4.90. The van der Waals surface area contributed by atoms with Crippen molar-refractivity contribution in [1.29, 1.82) is 0 Å². The first-order valence-corrected chi connectivity index (χ1v) is 14.5. The van der Waals surface area contributed by atoms with Crippen molar-refractivity contribution >= 4 is 29.1 Å². The Morgan fingerprint density at radius 2 is 1.80 bits per heavy atom. The van der Waals surface area contributed by atoms with E-state index in [1.807, 2.05) is 37.3 Å². The summed E-state index contributed by atoms with van der Waals surface area (Å²) in [4.78, 5) is 34.9. The molecule has 0 radical (unpaired) electrons. The zero-order valence-corrected chi connectivity index (χ0v) is 25.2. The van der Waals surface area contributed by atoms with Crippen LogP contribution in [0.15, 0.2) is 63.5 Å². The van der Waals surface area contributed by atoms with Gasteiger partial charge in [-0.2, -0.15) is 0 Å². The second-order valence-corrected chi connectivity index (χ2v) is 10.3. The Morgan fingerprint density at radius 1 is 1.07 bits per heavy atom. The molecule has 41 heavy (non-hydrogen) atoms. The number of hydrogen-bond acceptors (Lipinski definition) is 9. The number of nitrogens with zero attached hydrogens (tertiary/aromatic N) is 3. The van der Waals surface area contributed by atoms with Crippen molar-refractivity contribution in [3.63, 3.8) is 0 Å². The number of esters is 1. The quantitative estimate of drug-likeness (QED) is 0.239. The van der Waals surface area contributed by atoms with E-state index in [0.29, 0.717) is 38.7 Å². The van der Waals surface area contributed by atoms with Crippen molar-refractivity contribution in [2.24, 2.45) is 4.99 Å². The SMILES string of the molecule is CCOc1c(OC)cccc1[C@@H]1C(C(=O)OCCOC)=C(C)N=c2s/c(=C/c3ccc(N(CC)CC)cc3)c(=O)n21. The predicted octanol–water partition coefficient (Wildman–Crippen LogP) is 3.68. The highest BCUT2D eigenvalue weighted by Crippen LogP contribution is 2.40. The molecular formula is C31H37N3O6S. The molecule has 0 bridgehead atoms. The zero-order valence-electron chi connectivity index (χ0n) is 24.4. The molecule has 0 amide bonds. The summed E-state index contributed by atoms with van der Waals surface area (Å²) in [5, 5.41) is 0. The lowest BCUT2D eigenvalue weighted by Crippen LogP contribution is -2.40. The molecule has 0 fully saturated rings. The van der Waals surface area contributed by atoms with Crippen molar-refractivity contribution in [3.8, 4) is 11.5 Å². The van der Waals surface area contributed by atoms with E-state index in [0.717, 1.165) is 24.3 Å². The number of para-hydroxylation sites is 1. The molecule has 0 N–H and O–H groups in total. The van der Waals surface area contributed by atoms with Gasteiger partial charge >= 0.3 is 5.97 Å². The van der Waals surface area contributed by atoms with Gasteiger partial charge in [-0.25, -0.2) is 9.79 Å². The zero-order chi connectivity index (χ0) is 29.5. The van der Waals surface area contributed by atoms with E-state index in [1.165, 1.54) is 18.4 Å². The number of methoxy groups -OCH3 is 2. The lowest BCUT2D eigenvalue weighted by molar-refractivity contribution is -0.140. The number of rotatable bonds is 12. The first-order valence-electron chi connectivity index (χ1n) is 13.7. The molecule has 4 rings (SSSR count). The van der Waals surface area contributed by atoms with Crippen molar-refractivity contribution < 1.29 is 23.7 Å². The number of allylic oxidation sites excluding steroid dienone is 1. The highest BCUT2D eigenvalue weighted by molar-refractivity contribution is 7.07. The molecule has 1 atom stereocenters. The lowest BCUT2D eigenvalue weighted by atomic mass is 9.94. The van der Waals surface area contributed by atoms with Crippen LogP contribution in [0.5, 0.6) is 11.5 Å². The van der Waals surface area contributed by atoms with Gasteiger partial charge in [0.1, 0.15) is 12.6 Å². The molecule has 2 aromatic carbocycles. The van der Waals surface area contributed by atoms with Crippen molar-refractivity contribution in [1.82, 2.24) is 4.57 Å². The van der Waals surface area contributed by atoms with E-state index in [1.54, 1.807) is 24.7 Å². The Kier molecular flexibility index (Phi) is 10.0. The standard InChI is InChI=1S/C31H37N3O6S/c1-7-33(8-2)22-15-13-21(14-16-22)19-25-29(35)34-27(23-11-10-12-24(38-6)28(23)39-9-3)26(20(4)32-31(34)41-25)30(36)40-18-17-37-5/h10-16,19,27H,7-9,17-18H2,1-6H3/b25-19+/t27-/m1/s1. The summed E-state index contributed by atoms with van der Waals surface area (Å²) >= 11 is 1.28. The molecule has 0 aliphatic carbocycles. The highest BCUT2D eigenvalue weighted by atomic mass is 32.1. The van der Waals surface area contributed by atoms with Gasteiger partial charge in [0.2, 0.25) is 0 Å². The molecule has 1 aliphatic rings. The number of fused-ring (bicyclic) bond motifs is 1. The van der Waals surface area contributed by atoms with Gasteiger partial charge < -0.3 is 23.8 Å². The molecule has 0 unspecified atom stereocenters. The molecule has 3 aromatic rings. The van der Waals surface area contributed by atoms with Gasteiger partial charge in [-0.3, -0.25) is 9.36 Å². The van der Waals surface area contributed by atoms with Crippen LogP contribution in [0.4, 0.5) is 5.69 Å². The summed E-state index contributed by atoms with van der Waals surface area (Å²) in [5.41, 5.74) is 3.11. The number of carbonyl (C=O) groups excluding carboxylic acids is 1. The van der Waals surface area contributed by atoms with E-state index in [9.17, 15) is 9.59 Å². The summed E-state index contributed by atoms with van der Waals surface area (Å²) in [6.07, 6.45) is 1.86. The Balaban J connectivity index is 1.90. The second-order valence-electron chi connectivity index (χ2n) is 9.29. The van der Waals surface area contributed by atoms with E-state index in [2.05, 4.69) is 35.9 Å². The lowest BCUT2D eigenvalue weighted by Gasteiger charge is -2.27. The maximum absolute atomic E-state index is 14.0. The van der Waals surface area contributed by atoms with E-state index < -0.39 is 12.0 Å². The van der Waals surface area contributed by atoms with Crippen molar-refractivity contribution in [2.75, 3.05) is 52.0 Å². The van der Waals surface area contributed by atoms with Crippen LogP contribution in [0, 0.1) is 0 Å². The fraction of sp³-hybridized carbons (Fsp3) is 0.387. The molecule has 218 valence electrons. The summed E-state index contributed by atoms with van der Waals surface area (Å²) in [6.45, 7) is 10.4. The minimum atomic E-state index is -0.829. The molecule has 9 nitrogen and oxygen atoms in total. The number of ether oxygens (including phenoxy) is 4. The monoisotopic (exact) mass is 579 g/mol. The van der Waals surface area contributed by atoms with E-state index in [-0.39, 0.29) is 24.3 Å². The van der Waals surface area contributed by atoms with Crippen LogP contribution < -0.4 is 29.3 Å². The summed E-state index contributed by atoms with van der Waals surface area (Å²) in [6, 6.07) is 12.7.